The van der Waals surface area contributed by atoms with Gasteiger partial charge in [0, 0.05) is 0 Å². The van der Waals surface area contributed by atoms with E-state index in [0.717, 1.165) is 5.56 Å². The second kappa shape index (κ2) is 9.09. The van der Waals surface area contributed by atoms with Crippen molar-refractivity contribution in [3.63, 3.8) is 0 Å². The molecule has 8 heteroatoms. The predicted octanol–water partition coefficient (Wildman–Crippen LogP) is 2.24. The van der Waals surface area contributed by atoms with E-state index < -0.39 is 5.91 Å². The Hall–Kier alpha value is -3.00. The molecule has 0 unspecified atom stereocenters. The van der Waals surface area contributed by atoms with Crippen LogP contribution in [0.2, 0.25) is 0 Å². The fourth-order valence-corrected chi connectivity index (χ4v) is 3.27. The molecule has 27 heavy (non-hydrogen) atoms. The van der Waals surface area contributed by atoms with Crippen LogP contribution < -0.4 is 14.9 Å². The molecule has 3 rings (SSSR count). The van der Waals surface area contributed by atoms with E-state index in [1.807, 2.05) is 36.4 Å². The summed E-state index contributed by atoms with van der Waals surface area (Å²) in [6, 6.07) is 16.7. The highest BCUT2D eigenvalue weighted by atomic mass is 32.2. The fourth-order valence-electron chi connectivity index (χ4n) is 2.43. The van der Waals surface area contributed by atoms with Gasteiger partial charge in [-0.15, -0.1) is 5.10 Å². The fraction of sp³-hybridized carbons (Fsp3) is 0.211. The molecular weight excluding hydrogens is 366 g/mol. The van der Waals surface area contributed by atoms with E-state index in [9.17, 15) is 9.59 Å². The predicted molar refractivity (Wildman–Crippen MR) is 104 cm³/mol. The maximum Gasteiger partial charge on any atom is 0.278 e. The van der Waals surface area contributed by atoms with E-state index in [2.05, 4.69) is 10.5 Å². The number of benzene rings is 2. The molecule has 0 aliphatic carbocycles. The lowest BCUT2D eigenvalue weighted by atomic mass is 10.2. The van der Waals surface area contributed by atoms with Crippen molar-refractivity contribution in [1.82, 2.24) is 10.3 Å². The molecule has 1 saturated heterocycles. The molecule has 1 N–H and O–H groups in total. The number of hydrogen-bond donors (Lipinski definition) is 1. The molecule has 1 fully saturated rings. The minimum atomic E-state index is -0.423. The largest absolute Gasteiger partial charge is 0.493 e. The van der Waals surface area contributed by atoms with Crippen molar-refractivity contribution in [2.75, 3.05) is 19.5 Å². The SMILES string of the molecule is COc1ccccc1OCC(=O)NN=C1SCC(=O)N1Cc1ccccc1. The van der Waals surface area contributed by atoms with Gasteiger partial charge >= 0.3 is 0 Å². The maximum atomic E-state index is 12.1. The van der Waals surface area contributed by atoms with Gasteiger partial charge in [-0.3, -0.25) is 14.5 Å². The van der Waals surface area contributed by atoms with Gasteiger partial charge in [-0.2, -0.15) is 0 Å². The summed E-state index contributed by atoms with van der Waals surface area (Å²) in [6.07, 6.45) is 0. The Labute approximate surface area is 161 Å². The van der Waals surface area contributed by atoms with E-state index in [1.54, 1.807) is 23.1 Å². The Morgan fingerprint density at radius 2 is 1.85 bits per heavy atom. The molecule has 0 atom stereocenters. The Balaban J connectivity index is 1.57. The molecule has 0 radical (unpaired) electrons. The molecule has 1 aliphatic heterocycles. The van der Waals surface area contributed by atoms with Crippen molar-refractivity contribution in [1.29, 1.82) is 0 Å². The van der Waals surface area contributed by atoms with Crippen LogP contribution in [0, 0.1) is 0 Å². The van der Waals surface area contributed by atoms with Crippen molar-refractivity contribution >= 4 is 28.7 Å². The van der Waals surface area contributed by atoms with Crippen molar-refractivity contribution in [2.24, 2.45) is 5.10 Å². The zero-order valence-electron chi connectivity index (χ0n) is 14.8. The van der Waals surface area contributed by atoms with Crippen LogP contribution >= 0.6 is 11.8 Å². The number of nitrogens with one attached hydrogen (secondary N) is 1. The first-order valence-electron chi connectivity index (χ1n) is 8.27. The van der Waals surface area contributed by atoms with Crippen molar-refractivity contribution < 1.29 is 19.1 Å². The number of carbonyl (C=O) groups excluding carboxylic acids is 2. The van der Waals surface area contributed by atoms with Gasteiger partial charge in [0.05, 0.1) is 19.4 Å². The molecule has 7 nitrogen and oxygen atoms in total. The summed E-state index contributed by atoms with van der Waals surface area (Å²) >= 11 is 1.29. The number of nitrogens with zero attached hydrogens (tertiary/aromatic N) is 2. The topological polar surface area (TPSA) is 80.2 Å². The summed E-state index contributed by atoms with van der Waals surface area (Å²) in [5, 5.41) is 4.55. The van der Waals surface area contributed by atoms with E-state index in [1.165, 1.54) is 18.9 Å². The van der Waals surface area contributed by atoms with E-state index >= 15 is 0 Å². The second-order valence-electron chi connectivity index (χ2n) is 5.62. The number of carbonyl (C=O) groups is 2. The number of amidine groups is 1. The third-order valence-corrected chi connectivity index (χ3v) is 4.71. The summed E-state index contributed by atoms with van der Waals surface area (Å²) in [7, 11) is 1.53. The Morgan fingerprint density at radius 3 is 2.59 bits per heavy atom. The lowest BCUT2D eigenvalue weighted by Gasteiger charge is -2.16. The third kappa shape index (κ3) is 5.01. The van der Waals surface area contributed by atoms with Crippen molar-refractivity contribution in [3.8, 4) is 11.5 Å². The van der Waals surface area contributed by atoms with E-state index in [-0.39, 0.29) is 12.5 Å². The highest BCUT2D eigenvalue weighted by Crippen LogP contribution is 2.25. The first-order chi connectivity index (χ1) is 13.2. The summed E-state index contributed by atoms with van der Waals surface area (Å²) in [5.41, 5.74) is 3.43. The second-order valence-corrected chi connectivity index (χ2v) is 6.57. The van der Waals surface area contributed by atoms with Gasteiger partial charge in [0.25, 0.3) is 5.91 Å². The van der Waals surface area contributed by atoms with Crippen molar-refractivity contribution in [3.05, 3.63) is 60.2 Å². The number of hydrazone groups is 1. The summed E-state index contributed by atoms with van der Waals surface area (Å²) in [6.45, 7) is 0.202. The Kier molecular flexibility index (Phi) is 6.32. The Bertz CT molecular complexity index is 842. The lowest BCUT2D eigenvalue weighted by molar-refractivity contribution is -0.125. The minimum absolute atomic E-state index is 0.0397. The van der Waals surface area contributed by atoms with E-state index in [0.29, 0.717) is 29.0 Å². The summed E-state index contributed by atoms with van der Waals surface area (Å²) < 4.78 is 10.6. The number of ether oxygens (including phenoxy) is 2. The van der Waals surface area contributed by atoms with Crippen LogP contribution in [0.3, 0.4) is 0 Å². The standard InChI is InChI=1S/C19H19N3O4S/c1-25-15-9-5-6-10-16(15)26-12-17(23)20-21-19-22(18(24)13-27-19)11-14-7-3-2-4-8-14/h2-10H,11-13H2,1H3,(H,20,23). The quantitative estimate of drug-likeness (QED) is 0.740. The monoisotopic (exact) mass is 385 g/mol. The molecule has 2 aromatic rings. The maximum absolute atomic E-state index is 12.1. The van der Waals surface area contributed by atoms with Gasteiger partial charge in [-0.25, -0.2) is 5.43 Å². The van der Waals surface area contributed by atoms with Gasteiger partial charge in [-0.05, 0) is 17.7 Å². The smallest absolute Gasteiger partial charge is 0.278 e. The number of methoxy groups -OCH3 is 1. The van der Waals surface area contributed by atoms with Crippen molar-refractivity contribution in [2.45, 2.75) is 6.54 Å². The molecule has 0 bridgehead atoms. The van der Waals surface area contributed by atoms with Crippen LogP contribution in [0.4, 0.5) is 0 Å². The number of para-hydroxylation sites is 2. The van der Waals surface area contributed by atoms with Crippen LogP contribution in [0.5, 0.6) is 11.5 Å². The highest BCUT2D eigenvalue weighted by molar-refractivity contribution is 8.15. The highest BCUT2D eigenvalue weighted by Gasteiger charge is 2.28. The molecule has 1 heterocycles. The number of hydrogen-bond acceptors (Lipinski definition) is 6. The van der Waals surface area contributed by atoms with Gasteiger partial charge in [-0.1, -0.05) is 54.2 Å². The van der Waals surface area contributed by atoms with Crippen LogP contribution in [-0.4, -0.2) is 41.4 Å². The normalized spacial score (nSPS) is 15.1. The average molecular weight is 385 g/mol. The average Bonchev–Trinajstić information content (AvgIpc) is 3.05. The van der Waals surface area contributed by atoms with Gasteiger partial charge in [0.1, 0.15) is 0 Å². The zero-order chi connectivity index (χ0) is 19.1. The minimum Gasteiger partial charge on any atom is -0.493 e. The molecule has 1 aliphatic rings. The van der Waals surface area contributed by atoms with Crippen LogP contribution in [0.1, 0.15) is 5.56 Å². The lowest BCUT2D eigenvalue weighted by Crippen LogP contribution is -2.32. The van der Waals surface area contributed by atoms with Crippen LogP contribution in [0.25, 0.3) is 0 Å². The number of amides is 2. The van der Waals surface area contributed by atoms with Crippen LogP contribution in [0.15, 0.2) is 59.7 Å². The first kappa shape index (κ1) is 18.8. The third-order valence-electron chi connectivity index (χ3n) is 3.74. The molecule has 0 saturated carbocycles. The van der Waals surface area contributed by atoms with Gasteiger partial charge < -0.3 is 9.47 Å². The molecular formula is C19H19N3O4S. The van der Waals surface area contributed by atoms with E-state index in [4.69, 9.17) is 9.47 Å². The first-order valence-corrected chi connectivity index (χ1v) is 9.25. The number of thioether (sulfide) groups is 1. The molecule has 0 aromatic heterocycles. The molecule has 2 amide bonds. The summed E-state index contributed by atoms with van der Waals surface area (Å²) in [5.74, 6) is 0.857. The summed E-state index contributed by atoms with van der Waals surface area (Å²) in [4.78, 5) is 25.7. The van der Waals surface area contributed by atoms with Gasteiger partial charge in [0.15, 0.2) is 23.3 Å². The molecule has 0 spiro atoms. The molecule has 140 valence electrons. The number of rotatable bonds is 7. The zero-order valence-corrected chi connectivity index (χ0v) is 15.6. The molecule has 2 aromatic carbocycles. The Morgan fingerprint density at radius 1 is 1.15 bits per heavy atom. The van der Waals surface area contributed by atoms with Crippen LogP contribution in [-0.2, 0) is 16.1 Å². The van der Waals surface area contributed by atoms with Gasteiger partial charge in [0.2, 0.25) is 5.91 Å².